The molecule has 1 aliphatic rings. The number of nitrogens with zero attached hydrogens (tertiary/aromatic N) is 2. The Labute approximate surface area is 199 Å². The van der Waals surface area contributed by atoms with Crippen LogP contribution in [0.15, 0.2) is 35.3 Å². The van der Waals surface area contributed by atoms with Crippen LogP contribution in [0.2, 0.25) is 0 Å². The minimum absolute atomic E-state index is 0. The third kappa shape index (κ3) is 8.79. The van der Waals surface area contributed by atoms with E-state index in [1.165, 1.54) is 5.56 Å². The van der Waals surface area contributed by atoms with Gasteiger partial charge in [-0.2, -0.15) is 0 Å². The van der Waals surface area contributed by atoms with Gasteiger partial charge in [0.15, 0.2) is 5.96 Å². The van der Waals surface area contributed by atoms with Crippen LogP contribution in [0.1, 0.15) is 44.1 Å². The molecule has 0 aromatic heterocycles. The molecular weight excluding hydrogens is 491 g/mol. The fraction of sp³-hybridized carbons (Fsp3) is 0.652. The SMILES string of the molecule is CN=C(NCCCCOCCc1ccccc1)NCC1(C(=O)N(C)C)CCCC1.I. The quantitative estimate of drug-likeness (QED) is 0.199. The molecule has 0 saturated heterocycles. The summed E-state index contributed by atoms with van der Waals surface area (Å²) >= 11 is 0. The summed E-state index contributed by atoms with van der Waals surface area (Å²) in [5, 5.41) is 6.73. The highest BCUT2D eigenvalue weighted by molar-refractivity contribution is 14.0. The van der Waals surface area contributed by atoms with Crippen LogP contribution >= 0.6 is 24.0 Å². The monoisotopic (exact) mass is 530 g/mol. The number of ether oxygens (including phenoxy) is 1. The summed E-state index contributed by atoms with van der Waals surface area (Å²) in [6, 6.07) is 10.4. The molecule has 1 saturated carbocycles. The van der Waals surface area contributed by atoms with Gasteiger partial charge in [-0.15, -0.1) is 24.0 Å². The van der Waals surface area contributed by atoms with Gasteiger partial charge >= 0.3 is 0 Å². The lowest BCUT2D eigenvalue weighted by Gasteiger charge is -2.31. The van der Waals surface area contributed by atoms with Crippen molar-refractivity contribution in [3.63, 3.8) is 0 Å². The zero-order chi connectivity index (χ0) is 21.0. The number of nitrogens with one attached hydrogen (secondary N) is 2. The fourth-order valence-electron chi connectivity index (χ4n) is 3.94. The molecule has 2 rings (SSSR count). The number of unbranched alkanes of at least 4 members (excludes halogenated alkanes) is 1. The number of guanidine groups is 1. The van der Waals surface area contributed by atoms with Gasteiger partial charge in [0, 0.05) is 40.8 Å². The molecule has 1 aliphatic carbocycles. The van der Waals surface area contributed by atoms with E-state index in [9.17, 15) is 4.79 Å². The normalized spacial score (nSPS) is 15.4. The Kier molecular flexibility index (Phi) is 13.0. The second kappa shape index (κ2) is 14.6. The summed E-state index contributed by atoms with van der Waals surface area (Å²) in [5.41, 5.74) is 1.03. The molecule has 0 atom stereocenters. The van der Waals surface area contributed by atoms with Crippen molar-refractivity contribution < 1.29 is 9.53 Å². The fourth-order valence-corrected chi connectivity index (χ4v) is 3.94. The Morgan fingerprint density at radius 2 is 1.80 bits per heavy atom. The van der Waals surface area contributed by atoms with Crippen molar-refractivity contribution >= 4 is 35.8 Å². The van der Waals surface area contributed by atoms with E-state index in [0.717, 1.165) is 70.7 Å². The van der Waals surface area contributed by atoms with Crippen LogP contribution in [-0.2, 0) is 16.0 Å². The molecule has 0 unspecified atom stereocenters. The smallest absolute Gasteiger partial charge is 0.230 e. The van der Waals surface area contributed by atoms with Crippen molar-refractivity contribution in [1.82, 2.24) is 15.5 Å². The number of carbonyl (C=O) groups is 1. The third-order valence-electron chi connectivity index (χ3n) is 5.62. The highest BCUT2D eigenvalue weighted by Gasteiger charge is 2.42. The minimum atomic E-state index is -0.284. The van der Waals surface area contributed by atoms with E-state index in [-0.39, 0.29) is 35.3 Å². The van der Waals surface area contributed by atoms with E-state index in [0.29, 0.717) is 6.54 Å². The van der Waals surface area contributed by atoms with Gasteiger partial charge in [-0.05, 0) is 37.7 Å². The summed E-state index contributed by atoms with van der Waals surface area (Å²) in [5.74, 6) is 0.999. The number of halogens is 1. The summed E-state index contributed by atoms with van der Waals surface area (Å²) < 4.78 is 5.73. The van der Waals surface area contributed by atoms with Gasteiger partial charge in [0.2, 0.25) is 5.91 Å². The van der Waals surface area contributed by atoms with E-state index in [1.54, 1.807) is 11.9 Å². The third-order valence-corrected chi connectivity index (χ3v) is 5.62. The van der Waals surface area contributed by atoms with Gasteiger partial charge < -0.3 is 20.3 Å². The van der Waals surface area contributed by atoms with Gasteiger partial charge in [-0.1, -0.05) is 43.2 Å². The van der Waals surface area contributed by atoms with E-state index >= 15 is 0 Å². The molecule has 1 aromatic carbocycles. The van der Waals surface area contributed by atoms with Crippen molar-refractivity contribution in [1.29, 1.82) is 0 Å². The number of benzene rings is 1. The molecule has 7 heteroatoms. The van der Waals surface area contributed by atoms with Crippen molar-refractivity contribution in [3.8, 4) is 0 Å². The first-order valence-corrected chi connectivity index (χ1v) is 10.9. The van der Waals surface area contributed by atoms with E-state index < -0.39 is 0 Å². The average Bonchev–Trinajstić information content (AvgIpc) is 3.22. The zero-order valence-corrected chi connectivity index (χ0v) is 21.1. The summed E-state index contributed by atoms with van der Waals surface area (Å²) in [6.45, 7) is 3.03. The van der Waals surface area contributed by atoms with Gasteiger partial charge in [0.25, 0.3) is 0 Å². The second-order valence-corrected chi connectivity index (χ2v) is 8.09. The summed E-state index contributed by atoms with van der Waals surface area (Å²) in [6.07, 6.45) is 7.15. The average molecular weight is 530 g/mol. The maximum absolute atomic E-state index is 12.7. The standard InChI is InChI=1S/C23H38N4O2.HI/c1-24-22(26-19-23(14-7-8-15-23)21(28)27(2)3)25-16-9-10-17-29-18-13-20-11-5-4-6-12-20;/h4-6,11-12H,7-10,13-19H2,1-3H3,(H2,24,25,26);1H. The van der Waals surface area contributed by atoms with Crippen molar-refractivity contribution in [2.45, 2.75) is 44.9 Å². The van der Waals surface area contributed by atoms with E-state index in [2.05, 4.69) is 39.9 Å². The maximum atomic E-state index is 12.7. The molecule has 1 amide bonds. The van der Waals surface area contributed by atoms with Crippen LogP contribution in [0.4, 0.5) is 0 Å². The molecule has 1 aromatic rings. The highest BCUT2D eigenvalue weighted by atomic mass is 127. The van der Waals surface area contributed by atoms with Gasteiger partial charge in [0.05, 0.1) is 12.0 Å². The van der Waals surface area contributed by atoms with E-state index in [1.807, 2.05) is 20.2 Å². The molecule has 0 bridgehead atoms. The number of rotatable bonds is 11. The maximum Gasteiger partial charge on any atom is 0.230 e. The molecule has 170 valence electrons. The minimum Gasteiger partial charge on any atom is -0.381 e. The first kappa shape index (κ1) is 26.7. The Morgan fingerprint density at radius 1 is 1.10 bits per heavy atom. The lowest BCUT2D eigenvalue weighted by Crippen LogP contribution is -2.49. The molecule has 2 N–H and O–H groups in total. The number of hydrogen-bond donors (Lipinski definition) is 2. The van der Waals surface area contributed by atoms with Crippen molar-refractivity contribution in [2.75, 3.05) is 47.4 Å². The van der Waals surface area contributed by atoms with Crippen LogP contribution in [-0.4, -0.2) is 64.2 Å². The molecule has 30 heavy (non-hydrogen) atoms. The zero-order valence-electron chi connectivity index (χ0n) is 18.8. The number of aliphatic imine (C=N–C) groups is 1. The van der Waals surface area contributed by atoms with Crippen LogP contribution in [0.5, 0.6) is 0 Å². The molecule has 0 heterocycles. The molecule has 0 aliphatic heterocycles. The molecule has 0 radical (unpaired) electrons. The summed E-state index contributed by atoms with van der Waals surface area (Å²) in [4.78, 5) is 18.7. The molecule has 6 nitrogen and oxygen atoms in total. The van der Waals surface area contributed by atoms with E-state index in [4.69, 9.17) is 4.74 Å². The number of hydrogen-bond acceptors (Lipinski definition) is 3. The van der Waals surface area contributed by atoms with Crippen molar-refractivity contribution in [3.05, 3.63) is 35.9 Å². The number of amides is 1. The lowest BCUT2D eigenvalue weighted by atomic mass is 9.84. The highest BCUT2D eigenvalue weighted by Crippen LogP contribution is 2.38. The first-order valence-electron chi connectivity index (χ1n) is 10.9. The Balaban J connectivity index is 0.00000450. The topological polar surface area (TPSA) is 66.0 Å². The Hall–Kier alpha value is -1.35. The first-order chi connectivity index (χ1) is 14.1. The predicted molar refractivity (Wildman–Crippen MR) is 135 cm³/mol. The molecular formula is C23H39IN4O2. The molecule has 1 fully saturated rings. The van der Waals surface area contributed by atoms with Gasteiger partial charge in [-0.3, -0.25) is 9.79 Å². The Bertz CT molecular complexity index is 631. The van der Waals surface area contributed by atoms with Crippen molar-refractivity contribution in [2.24, 2.45) is 10.4 Å². The van der Waals surface area contributed by atoms with Crippen LogP contribution < -0.4 is 10.6 Å². The summed E-state index contributed by atoms with van der Waals surface area (Å²) in [7, 11) is 5.46. The van der Waals surface area contributed by atoms with Gasteiger partial charge in [0.1, 0.15) is 0 Å². The van der Waals surface area contributed by atoms with Crippen LogP contribution in [0.25, 0.3) is 0 Å². The van der Waals surface area contributed by atoms with Crippen LogP contribution in [0.3, 0.4) is 0 Å². The molecule has 0 spiro atoms. The largest absolute Gasteiger partial charge is 0.381 e. The Morgan fingerprint density at radius 3 is 2.43 bits per heavy atom. The predicted octanol–water partition coefficient (Wildman–Crippen LogP) is 3.46. The number of carbonyl (C=O) groups excluding carboxylic acids is 1. The van der Waals surface area contributed by atoms with Gasteiger partial charge in [-0.25, -0.2) is 0 Å². The van der Waals surface area contributed by atoms with Crippen LogP contribution in [0, 0.1) is 5.41 Å². The lowest BCUT2D eigenvalue weighted by molar-refractivity contribution is -0.138. The second-order valence-electron chi connectivity index (χ2n) is 8.09.